The van der Waals surface area contributed by atoms with E-state index in [1.807, 2.05) is 0 Å². The second-order valence-electron chi connectivity index (χ2n) is 6.98. The average molecular weight is 355 g/mol. The minimum atomic E-state index is 0.318. The quantitative estimate of drug-likeness (QED) is 0.752. The normalized spacial score (nSPS) is 15.2. The van der Waals surface area contributed by atoms with E-state index in [9.17, 15) is 0 Å². The van der Waals surface area contributed by atoms with Crippen LogP contribution in [-0.2, 0) is 0 Å². The maximum absolute atomic E-state index is 3.61. The van der Waals surface area contributed by atoms with Crippen molar-refractivity contribution in [3.63, 3.8) is 0 Å². The highest BCUT2D eigenvalue weighted by Crippen LogP contribution is 2.25. The van der Waals surface area contributed by atoms with Gasteiger partial charge in [0.2, 0.25) is 0 Å². The highest BCUT2D eigenvalue weighted by atomic mass is 79.9. The molecule has 120 valence electrons. The first-order valence-electron chi connectivity index (χ1n) is 7.94. The Morgan fingerprint density at radius 2 is 1.95 bits per heavy atom. The third-order valence-corrected chi connectivity index (χ3v) is 4.88. The topological polar surface area (TPSA) is 15.3 Å². The molecule has 0 bridgehead atoms. The van der Waals surface area contributed by atoms with Crippen LogP contribution in [0.4, 0.5) is 0 Å². The molecule has 0 aliphatic heterocycles. The summed E-state index contributed by atoms with van der Waals surface area (Å²) in [6.07, 6.45) is 1.13. The zero-order valence-corrected chi connectivity index (χ0v) is 16.0. The summed E-state index contributed by atoms with van der Waals surface area (Å²) in [5.41, 5.74) is 1.68. The second kappa shape index (κ2) is 8.30. The molecule has 0 aromatic heterocycles. The number of rotatable bonds is 7. The average Bonchev–Trinajstić information content (AvgIpc) is 2.41. The number of benzene rings is 1. The monoisotopic (exact) mass is 354 g/mol. The molecule has 0 aliphatic carbocycles. The summed E-state index contributed by atoms with van der Waals surface area (Å²) in [6, 6.07) is 9.63. The maximum atomic E-state index is 3.61. The van der Waals surface area contributed by atoms with Crippen LogP contribution in [-0.4, -0.2) is 31.1 Å². The molecule has 0 spiro atoms. The van der Waals surface area contributed by atoms with E-state index in [0.717, 1.165) is 24.0 Å². The molecule has 2 atom stereocenters. The summed E-state index contributed by atoms with van der Waals surface area (Å²) in [4.78, 5) is 2.47. The van der Waals surface area contributed by atoms with Crippen LogP contribution in [0.1, 0.15) is 52.6 Å². The Bertz CT molecular complexity index is 425. The fourth-order valence-corrected chi connectivity index (χ4v) is 2.96. The van der Waals surface area contributed by atoms with Gasteiger partial charge >= 0.3 is 0 Å². The van der Waals surface area contributed by atoms with Gasteiger partial charge in [-0.2, -0.15) is 0 Å². The number of hydrogen-bond acceptors (Lipinski definition) is 2. The standard InChI is InChI=1S/C18H31BrN2/c1-7-20-17(15-9-8-10-16(19)13-15)11-12-21(6)14(2)18(3,4)5/h8-10,13-14,17,20H,7,11-12H2,1-6H3. The van der Waals surface area contributed by atoms with Crippen LogP contribution in [0, 0.1) is 5.41 Å². The minimum absolute atomic E-state index is 0.318. The molecule has 0 heterocycles. The number of halogens is 1. The Labute approximate surface area is 139 Å². The van der Waals surface area contributed by atoms with Gasteiger partial charge in [-0.3, -0.25) is 0 Å². The van der Waals surface area contributed by atoms with Gasteiger partial charge in [0, 0.05) is 16.6 Å². The molecule has 3 heteroatoms. The zero-order chi connectivity index (χ0) is 16.0. The first kappa shape index (κ1) is 18.7. The fraction of sp³-hybridized carbons (Fsp3) is 0.667. The maximum Gasteiger partial charge on any atom is 0.0332 e. The zero-order valence-electron chi connectivity index (χ0n) is 14.4. The van der Waals surface area contributed by atoms with Crippen molar-refractivity contribution in [2.45, 2.75) is 53.1 Å². The largest absolute Gasteiger partial charge is 0.310 e. The van der Waals surface area contributed by atoms with Crippen molar-refractivity contribution in [2.75, 3.05) is 20.1 Å². The molecule has 0 radical (unpaired) electrons. The number of hydrogen-bond donors (Lipinski definition) is 1. The van der Waals surface area contributed by atoms with Gasteiger partial charge in [0.15, 0.2) is 0 Å². The molecular weight excluding hydrogens is 324 g/mol. The minimum Gasteiger partial charge on any atom is -0.310 e. The van der Waals surface area contributed by atoms with Gasteiger partial charge in [-0.1, -0.05) is 55.8 Å². The van der Waals surface area contributed by atoms with Gasteiger partial charge in [0.05, 0.1) is 0 Å². The number of nitrogens with one attached hydrogen (secondary N) is 1. The summed E-state index contributed by atoms with van der Waals surface area (Å²) < 4.78 is 1.15. The van der Waals surface area contributed by atoms with Gasteiger partial charge in [-0.25, -0.2) is 0 Å². The highest BCUT2D eigenvalue weighted by Gasteiger charge is 2.24. The Morgan fingerprint density at radius 1 is 1.29 bits per heavy atom. The van der Waals surface area contributed by atoms with Crippen molar-refractivity contribution >= 4 is 15.9 Å². The Balaban J connectivity index is 2.68. The van der Waals surface area contributed by atoms with Gasteiger partial charge in [0.1, 0.15) is 0 Å². The van der Waals surface area contributed by atoms with E-state index in [4.69, 9.17) is 0 Å². The predicted octanol–water partition coefficient (Wildman–Crippen LogP) is 4.86. The molecular formula is C18H31BrN2. The summed E-state index contributed by atoms with van der Waals surface area (Å²) in [5.74, 6) is 0. The van der Waals surface area contributed by atoms with Crippen LogP contribution in [0.15, 0.2) is 28.7 Å². The summed E-state index contributed by atoms with van der Waals surface area (Å²) >= 11 is 3.57. The Morgan fingerprint density at radius 3 is 2.48 bits per heavy atom. The Kier molecular flexibility index (Phi) is 7.38. The van der Waals surface area contributed by atoms with Crippen molar-refractivity contribution < 1.29 is 0 Å². The molecule has 0 saturated carbocycles. The second-order valence-corrected chi connectivity index (χ2v) is 7.89. The van der Waals surface area contributed by atoms with Crippen LogP contribution in [0.5, 0.6) is 0 Å². The van der Waals surface area contributed by atoms with Crippen LogP contribution in [0.25, 0.3) is 0 Å². The summed E-state index contributed by atoms with van der Waals surface area (Å²) in [6.45, 7) is 13.5. The van der Waals surface area contributed by atoms with Crippen LogP contribution in [0.3, 0.4) is 0 Å². The SMILES string of the molecule is CCNC(CCN(C)C(C)C(C)(C)C)c1cccc(Br)c1. The van der Waals surface area contributed by atoms with Crippen molar-refractivity contribution in [1.29, 1.82) is 0 Å². The molecule has 1 aromatic rings. The first-order chi connectivity index (χ1) is 9.75. The Hall–Kier alpha value is -0.380. The molecule has 2 nitrogen and oxygen atoms in total. The van der Waals surface area contributed by atoms with E-state index in [1.165, 1.54) is 5.56 Å². The molecule has 1 rings (SSSR count). The van der Waals surface area contributed by atoms with E-state index in [2.05, 4.69) is 92.1 Å². The lowest BCUT2D eigenvalue weighted by molar-refractivity contribution is 0.136. The lowest BCUT2D eigenvalue weighted by Crippen LogP contribution is -2.40. The predicted molar refractivity (Wildman–Crippen MR) is 96.7 cm³/mol. The molecule has 21 heavy (non-hydrogen) atoms. The van der Waals surface area contributed by atoms with E-state index in [1.54, 1.807) is 0 Å². The highest BCUT2D eigenvalue weighted by molar-refractivity contribution is 9.10. The van der Waals surface area contributed by atoms with Crippen molar-refractivity contribution in [3.05, 3.63) is 34.3 Å². The lowest BCUT2D eigenvalue weighted by atomic mass is 9.87. The number of nitrogens with zero attached hydrogens (tertiary/aromatic N) is 1. The van der Waals surface area contributed by atoms with Crippen molar-refractivity contribution in [1.82, 2.24) is 10.2 Å². The van der Waals surface area contributed by atoms with Crippen molar-refractivity contribution in [2.24, 2.45) is 5.41 Å². The third kappa shape index (κ3) is 6.09. The molecule has 2 unspecified atom stereocenters. The van der Waals surface area contributed by atoms with Gasteiger partial charge in [0.25, 0.3) is 0 Å². The van der Waals surface area contributed by atoms with E-state index >= 15 is 0 Å². The molecule has 0 amide bonds. The van der Waals surface area contributed by atoms with Crippen LogP contribution < -0.4 is 5.32 Å². The van der Waals surface area contributed by atoms with E-state index in [-0.39, 0.29) is 0 Å². The molecule has 1 N–H and O–H groups in total. The third-order valence-electron chi connectivity index (χ3n) is 4.39. The van der Waals surface area contributed by atoms with Crippen LogP contribution >= 0.6 is 15.9 Å². The first-order valence-corrected chi connectivity index (χ1v) is 8.74. The summed E-state index contributed by atoms with van der Waals surface area (Å²) in [7, 11) is 2.24. The molecule has 0 fully saturated rings. The molecule has 0 aliphatic rings. The van der Waals surface area contributed by atoms with Gasteiger partial charge in [-0.05, 0) is 56.6 Å². The van der Waals surface area contributed by atoms with E-state index in [0.29, 0.717) is 17.5 Å². The summed E-state index contributed by atoms with van der Waals surface area (Å²) in [5, 5.41) is 3.61. The van der Waals surface area contributed by atoms with Gasteiger partial charge < -0.3 is 10.2 Å². The van der Waals surface area contributed by atoms with Gasteiger partial charge in [-0.15, -0.1) is 0 Å². The smallest absolute Gasteiger partial charge is 0.0332 e. The van der Waals surface area contributed by atoms with Crippen LogP contribution in [0.2, 0.25) is 0 Å². The van der Waals surface area contributed by atoms with Crippen molar-refractivity contribution in [3.8, 4) is 0 Å². The molecule has 1 aromatic carbocycles. The molecule has 0 saturated heterocycles. The van der Waals surface area contributed by atoms with E-state index < -0.39 is 0 Å². The fourth-order valence-electron chi connectivity index (χ4n) is 2.54. The lowest BCUT2D eigenvalue weighted by Gasteiger charge is -2.36.